The molecule has 17 heavy (non-hydrogen) atoms. The highest BCUT2D eigenvalue weighted by Gasteiger charge is 2.53. The van der Waals surface area contributed by atoms with Crippen molar-refractivity contribution < 1.29 is 19.7 Å². The van der Waals surface area contributed by atoms with E-state index in [0.717, 1.165) is 6.42 Å². The molecule has 2 atom stereocenters. The molecule has 0 heterocycles. The Bertz CT molecular complexity index is 242. The highest BCUT2D eigenvalue weighted by molar-refractivity contribution is 6.70. The first-order valence-electron chi connectivity index (χ1n) is 6.28. The molecule has 0 aromatic rings. The van der Waals surface area contributed by atoms with Crippen LogP contribution in [0, 0.1) is 0 Å². The fourth-order valence-electron chi connectivity index (χ4n) is 2.08. The first kappa shape index (κ1) is 17.3. The summed E-state index contributed by atoms with van der Waals surface area (Å²) in [4.78, 5) is 0. The van der Waals surface area contributed by atoms with E-state index in [4.69, 9.17) is 4.43 Å². The minimum absolute atomic E-state index is 0.457. The molecule has 0 fully saturated rings. The van der Waals surface area contributed by atoms with E-state index >= 15 is 0 Å². The van der Waals surface area contributed by atoms with Gasteiger partial charge in [-0.1, -0.05) is 26.4 Å². The third kappa shape index (κ3) is 4.15. The molecule has 2 unspecified atom stereocenters. The number of aliphatic hydroxyl groups is 3. The summed E-state index contributed by atoms with van der Waals surface area (Å²) < 4.78 is 5.68. The Labute approximate surface area is 107 Å². The number of hydrogen-bond acceptors (Lipinski definition) is 4. The van der Waals surface area contributed by atoms with Crippen LogP contribution in [0.15, 0.2) is 0 Å². The quantitative estimate of drug-likeness (QED) is 0.482. The molecule has 0 saturated carbocycles. The number of hydrogen-bond donors (Lipinski definition) is 3. The second-order valence-corrected chi connectivity index (χ2v) is 13.7. The molecular weight excluding hydrogens is 252 g/mol. The van der Waals surface area contributed by atoms with E-state index in [9.17, 15) is 15.3 Å². The van der Waals surface area contributed by atoms with E-state index in [1.165, 1.54) is 0 Å². The third-order valence-corrected chi connectivity index (χ3v) is 6.55. The van der Waals surface area contributed by atoms with Gasteiger partial charge in [0.1, 0.15) is 5.22 Å². The van der Waals surface area contributed by atoms with Crippen molar-refractivity contribution in [3.8, 4) is 0 Å². The summed E-state index contributed by atoms with van der Waals surface area (Å²) in [6.07, 6.45) is 1.21. The van der Waals surface area contributed by atoms with Gasteiger partial charge in [0.25, 0.3) is 0 Å². The second-order valence-electron chi connectivity index (χ2n) is 5.99. The Balaban J connectivity index is 5.27. The van der Waals surface area contributed by atoms with E-state index in [1.54, 1.807) is 0 Å². The van der Waals surface area contributed by atoms with E-state index in [-0.39, 0.29) is 0 Å². The molecule has 0 aliphatic heterocycles. The molecule has 0 radical (unpaired) electrons. The third-order valence-electron chi connectivity index (χ3n) is 2.95. The van der Waals surface area contributed by atoms with Gasteiger partial charge < -0.3 is 19.7 Å². The molecule has 0 aliphatic carbocycles. The summed E-state index contributed by atoms with van der Waals surface area (Å²) in [5.41, 5.74) is 0. The smallest absolute Gasteiger partial charge is 0.206 e. The summed E-state index contributed by atoms with van der Waals surface area (Å²) >= 11 is 0. The van der Waals surface area contributed by atoms with Gasteiger partial charge in [0.15, 0.2) is 8.32 Å². The Kier molecular flexibility index (Phi) is 6.04. The van der Waals surface area contributed by atoms with Gasteiger partial charge >= 0.3 is 0 Å². The van der Waals surface area contributed by atoms with Crippen LogP contribution >= 0.6 is 0 Å². The SMILES string of the molecule is CCCC(O)([SiH](C)C)C(O)(CO)O[Si](C)(C)C. The minimum Gasteiger partial charge on any atom is -0.391 e. The van der Waals surface area contributed by atoms with Crippen molar-refractivity contribution in [2.24, 2.45) is 0 Å². The predicted molar refractivity (Wildman–Crippen MR) is 75.2 cm³/mol. The highest BCUT2D eigenvalue weighted by atomic mass is 28.4. The topological polar surface area (TPSA) is 69.9 Å². The summed E-state index contributed by atoms with van der Waals surface area (Å²) in [5.74, 6) is -1.81. The fraction of sp³-hybridized carbons (Fsp3) is 1.00. The molecular formula is C11H28O4Si2. The Morgan fingerprint density at radius 2 is 1.65 bits per heavy atom. The van der Waals surface area contributed by atoms with E-state index in [0.29, 0.717) is 6.42 Å². The standard InChI is InChI=1S/C11H28O4Si2/c1-7-8-11(14,16(2)3)10(13,9-12)15-17(4,5)6/h12-14,16H,7-9H2,1-6H3. The Hall–Kier alpha value is 0.274. The lowest BCUT2D eigenvalue weighted by Gasteiger charge is -2.47. The van der Waals surface area contributed by atoms with Crippen LogP contribution in [0.2, 0.25) is 32.7 Å². The lowest BCUT2D eigenvalue weighted by Crippen LogP contribution is -2.67. The lowest BCUT2D eigenvalue weighted by molar-refractivity contribution is -0.252. The van der Waals surface area contributed by atoms with Crippen molar-refractivity contribution in [1.82, 2.24) is 0 Å². The molecule has 0 aliphatic rings. The first-order valence-corrected chi connectivity index (χ1v) is 12.6. The zero-order valence-corrected chi connectivity index (χ0v) is 14.1. The maximum atomic E-state index is 10.7. The molecule has 0 aromatic heterocycles. The fourth-order valence-corrected chi connectivity index (χ4v) is 5.37. The van der Waals surface area contributed by atoms with Gasteiger partial charge in [0.2, 0.25) is 5.79 Å². The van der Waals surface area contributed by atoms with Crippen molar-refractivity contribution in [2.45, 2.75) is 63.5 Å². The maximum absolute atomic E-state index is 10.7. The van der Waals surface area contributed by atoms with Crippen molar-refractivity contribution >= 4 is 17.1 Å². The molecule has 0 aromatic carbocycles. The molecule has 0 rings (SSSR count). The molecule has 6 heteroatoms. The van der Waals surface area contributed by atoms with Crippen LogP contribution in [0.25, 0.3) is 0 Å². The zero-order valence-electron chi connectivity index (χ0n) is 11.9. The molecule has 4 nitrogen and oxygen atoms in total. The summed E-state index contributed by atoms with van der Waals surface area (Å²) in [6, 6.07) is 0. The van der Waals surface area contributed by atoms with Gasteiger partial charge in [0, 0.05) is 0 Å². The minimum atomic E-state index is -2.05. The van der Waals surface area contributed by atoms with Gasteiger partial charge in [-0.3, -0.25) is 0 Å². The number of aliphatic hydroxyl groups excluding tert-OH is 1. The van der Waals surface area contributed by atoms with Crippen molar-refractivity contribution in [3.63, 3.8) is 0 Å². The van der Waals surface area contributed by atoms with Crippen molar-refractivity contribution in [2.75, 3.05) is 6.61 Å². The molecule has 0 amide bonds. The van der Waals surface area contributed by atoms with E-state index in [1.807, 2.05) is 39.7 Å². The average molecular weight is 281 g/mol. The van der Waals surface area contributed by atoms with Gasteiger partial charge in [-0.05, 0) is 26.1 Å². The largest absolute Gasteiger partial charge is 0.391 e. The van der Waals surface area contributed by atoms with Gasteiger partial charge in [-0.2, -0.15) is 0 Å². The van der Waals surface area contributed by atoms with Crippen LogP contribution in [0.4, 0.5) is 0 Å². The van der Waals surface area contributed by atoms with Crippen LogP contribution in [-0.4, -0.2) is 50.1 Å². The average Bonchev–Trinajstić information content (AvgIpc) is 2.14. The van der Waals surface area contributed by atoms with Crippen molar-refractivity contribution in [3.05, 3.63) is 0 Å². The van der Waals surface area contributed by atoms with Gasteiger partial charge in [0.05, 0.1) is 15.4 Å². The number of rotatable bonds is 7. The van der Waals surface area contributed by atoms with E-state index < -0.39 is 34.7 Å². The summed E-state index contributed by atoms with van der Waals surface area (Å²) in [7, 11) is -3.65. The Morgan fingerprint density at radius 1 is 1.18 bits per heavy atom. The predicted octanol–water partition coefficient (Wildman–Crippen LogP) is 1.08. The normalized spacial score (nSPS) is 20.1. The van der Waals surface area contributed by atoms with E-state index in [2.05, 4.69) is 0 Å². The van der Waals surface area contributed by atoms with Crippen LogP contribution < -0.4 is 0 Å². The highest BCUT2D eigenvalue weighted by Crippen LogP contribution is 2.33. The van der Waals surface area contributed by atoms with Crippen LogP contribution in [0.1, 0.15) is 19.8 Å². The van der Waals surface area contributed by atoms with Crippen LogP contribution in [0.5, 0.6) is 0 Å². The van der Waals surface area contributed by atoms with Crippen molar-refractivity contribution in [1.29, 1.82) is 0 Å². The van der Waals surface area contributed by atoms with Crippen LogP contribution in [0.3, 0.4) is 0 Å². The first-order chi connectivity index (χ1) is 7.52. The molecule has 3 N–H and O–H groups in total. The zero-order chi connectivity index (χ0) is 13.9. The van der Waals surface area contributed by atoms with Gasteiger partial charge in [-0.15, -0.1) is 0 Å². The Morgan fingerprint density at radius 3 is 1.88 bits per heavy atom. The lowest BCUT2D eigenvalue weighted by atomic mass is 10.1. The molecule has 104 valence electrons. The van der Waals surface area contributed by atoms with Gasteiger partial charge in [-0.25, -0.2) is 0 Å². The second kappa shape index (κ2) is 5.94. The molecule has 0 saturated heterocycles. The maximum Gasteiger partial charge on any atom is 0.206 e. The summed E-state index contributed by atoms with van der Waals surface area (Å²) in [5, 5.41) is 29.4. The molecule has 0 spiro atoms. The monoisotopic (exact) mass is 280 g/mol. The molecule has 0 bridgehead atoms. The summed E-state index contributed by atoms with van der Waals surface area (Å²) in [6.45, 7) is 11.1. The van der Waals surface area contributed by atoms with Crippen LogP contribution in [-0.2, 0) is 4.43 Å².